The SMILES string of the molecule is C/C=C\C(=C(C)C)N(CC)c1ccc([O+](C)c2ccc(NC3CCCCC3C)c3ccccc23)cc1.C/C=C\C=C/C. The van der Waals surface area contributed by atoms with Crippen molar-refractivity contribution in [3.05, 3.63) is 108 Å². The van der Waals surface area contributed by atoms with E-state index in [2.05, 4.69) is 129 Å². The largest absolute Gasteiger partial charge is 0.537 e. The molecule has 3 heteroatoms. The minimum Gasteiger partial charge on any atom is -0.537 e. The van der Waals surface area contributed by atoms with Crippen LogP contribution in [0.1, 0.15) is 74.1 Å². The molecule has 1 fully saturated rings. The molecule has 1 aliphatic rings. The highest BCUT2D eigenvalue weighted by molar-refractivity contribution is 5.98. The lowest BCUT2D eigenvalue weighted by Gasteiger charge is -2.31. The Bertz CT molecular complexity index is 1370. The minimum atomic E-state index is 0.556. The Balaban J connectivity index is 0.000000730. The number of likely N-dealkylation sites (N-methyl/N-ethyl adjacent to an activating group) is 1. The second kappa shape index (κ2) is 16.7. The van der Waals surface area contributed by atoms with Gasteiger partial charge in [0, 0.05) is 53.2 Å². The molecule has 0 aliphatic heterocycles. The Kier molecular flexibility index (Phi) is 13.0. The first-order chi connectivity index (χ1) is 20.4. The summed E-state index contributed by atoms with van der Waals surface area (Å²) in [6, 6.07) is 22.6. The van der Waals surface area contributed by atoms with Crippen molar-refractivity contribution < 1.29 is 4.37 Å². The standard InChI is InChI=1S/C33H43N2O.C6H10/c1-7-13-32(24(3)4)35(8-2)26-18-20-27(21-19-26)36(6)33-23-22-31(28-15-10-11-16-29(28)33)34-30-17-12-9-14-25(30)5;1-3-5-6-4-2/h7,10-11,13,15-16,18-23,25,30,34H,8-9,12,14,17H2,1-6H3;3-6H,1-2H3/q+1;/b13-7-;5-3-,6-4-. The first kappa shape index (κ1) is 32.8. The lowest BCUT2D eigenvalue weighted by molar-refractivity contribution is 0.178. The molecule has 42 heavy (non-hydrogen) atoms. The number of nitrogens with zero attached hydrogens (tertiary/aromatic N) is 1. The van der Waals surface area contributed by atoms with Crippen LogP contribution in [-0.2, 0) is 0 Å². The van der Waals surface area contributed by atoms with Crippen molar-refractivity contribution in [2.24, 2.45) is 5.92 Å². The molecule has 0 radical (unpaired) electrons. The predicted octanol–water partition coefficient (Wildman–Crippen LogP) is 11.6. The van der Waals surface area contributed by atoms with Crippen molar-refractivity contribution in [3.63, 3.8) is 0 Å². The molecule has 0 spiro atoms. The highest BCUT2D eigenvalue weighted by atomic mass is 16.7. The van der Waals surface area contributed by atoms with Crippen LogP contribution in [0.4, 0.5) is 11.4 Å². The molecule has 3 aromatic rings. The van der Waals surface area contributed by atoms with Crippen LogP contribution in [0.15, 0.2) is 108 Å². The number of hydrogen-bond acceptors (Lipinski definition) is 2. The first-order valence-corrected chi connectivity index (χ1v) is 15.7. The molecule has 1 aliphatic carbocycles. The Labute approximate surface area is 256 Å². The van der Waals surface area contributed by atoms with Gasteiger partial charge in [-0.3, -0.25) is 0 Å². The van der Waals surface area contributed by atoms with E-state index in [0.717, 1.165) is 24.0 Å². The fourth-order valence-electron chi connectivity index (χ4n) is 5.75. The van der Waals surface area contributed by atoms with Crippen molar-refractivity contribution in [3.8, 4) is 11.5 Å². The van der Waals surface area contributed by atoms with E-state index in [1.54, 1.807) is 0 Å². The van der Waals surface area contributed by atoms with Crippen molar-refractivity contribution in [1.82, 2.24) is 0 Å². The molecule has 0 aromatic heterocycles. The van der Waals surface area contributed by atoms with Gasteiger partial charge in [-0.2, -0.15) is 0 Å². The van der Waals surface area contributed by atoms with E-state index in [0.29, 0.717) is 6.04 Å². The number of fused-ring (bicyclic) bond motifs is 1. The molecule has 1 saturated carbocycles. The number of nitrogens with one attached hydrogen (secondary N) is 1. The Morgan fingerprint density at radius 2 is 1.50 bits per heavy atom. The van der Waals surface area contributed by atoms with Gasteiger partial charge in [0.1, 0.15) is 0 Å². The van der Waals surface area contributed by atoms with E-state index in [1.807, 2.05) is 38.2 Å². The number of benzene rings is 3. The van der Waals surface area contributed by atoms with E-state index in [9.17, 15) is 0 Å². The van der Waals surface area contributed by atoms with Gasteiger partial charge in [0.05, 0.1) is 5.39 Å². The zero-order valence-corrected chi connectivity index (χ0v) is 27.3. The van der Waals surface area contributed by atoms with Crippen LogP contribution >= 0.6 is 0 Å². The molecule has 1 N–H and O–H groups in total. The third-order valence-corrected chi connectivity index (χ3v) is 8.11. The van der Waals surface area contributed by atoms with Crippen LogP contribution in [0.3, 0.4) is 0 Å². The van der Waals surface area contributed by atoms with E-state index in [4.69, 9.17) is 0 Å². The topological polar surface area (TPSA) is 18.0 Å². The second-order valence-corrected chi connectivity index (χ2v) is 11.4. The van der Waals surface area contributed by atoms with E-state index < -0.39 is 0 Å². The third-order valence-electron chi connectivity index (χ3n) is 8.11. The maximum Gasteiger partial charge on any atom is 0.269 e. The molecular formula is C39H53N2O+. The van der Waals surface area contributed by atoms with Gasteiger partial charge in [-0.15, -0.1) is 0 Å². The molecule has 3 aromatic carbocycles. The van der Waals surface area contributed by atoms with Crippen LogP contribution in [0.2, 0.25) is 0 Å². The minimum absolute atomic E-state index is 0.556. The summed E-state index contributed by atoms with van der Waals surface area (Å²) >= 11 is 0. The lowest BCUT2D eigenvalue weighted by atomic mass is 9.85. The van der Waals surface area contributed by atoms with Crippen molar-refractivity contribution >= 4 is 22.1 Å². The molecule has 0 amide bonds. The second-order valence-electron chi connectivity index (χ2n) is 11.4. The molecular weight excluding hydrogens is 512 g/mol. The van der Waals surface area contributed by atoms with Gasteiger partial charge in [0.25, 0.3) is 11.5 Å². The molecule has 4 rings (SSSR count). The van der Waals surface area contributed by atoms with Crippen molar-refractivity contribution in [2.75, 3.05) is 23.9 Å². The summed E-state index contributed by atoms with van der Waals surface area (Å²) in [6.07, 6.45) is 17.6. The fraction of sp³-hybridized carbons (Fsp3) is 0.385. The van der Waals surface area contributed by atoms with Crippen LogP contribution in [0.25, 0.3) is 10.8 Å². The van der Waals surface area contributed by atoms with Gasteiger partial charge in [0.15, 0.2) is 7.11 Å². The normalized spacial score (nSPS) is 17.0. The van der Waals surface area contributed by atoms with Crippen LogP contribution < -0.4 is 14.6 Å². The number of hydrogen-bond donors (Lipinski definition) is 1. The number of rotatable bonds is 9. The van der Waals surface area contributed by atoms with E-state index in [1.165, 1.54) is 59.1 Å². The summed E-state index contributed by atoms with van der Waals surface area (Å²) in [5, 5.41) is 6.42. The van der Waals surface area contributed by atoms with Gasteiger partial charge >= 0.3 is 0 Å². The van der Waals surface area contributed by atoms with Gasteiger partial charge in [0.2, 0.25) is 0 Å². The first-order valence-electron chi connectivity index (χ1n) is 15.7. The van der Waals surface area contributed by atoms with Crippen LogP contribution in [0.5, 0.6) is 11.5 Å². The van der Waals surface area contributed by atoms with Crippen molar-refractivity contribution in [1.29, 1.82) is 0 Å². The maximum absolute atomic E-state index is 3.89. The third kappa shape index (κ3) is 8.41. The van der Waals surface area contributed by atoms with E-state index in [-0.39, 0.29) is 0 Å². The Morgan fingerprint density at radius 3 is 2.07 bits per heavy atom. The van der Waals surface area contributed by atoms with Crippen LogP contribution in [-0.4, -0.2) is 19.7 Å². The summed E-state index contributed by atoms with van der Waals surface area (Å²) in [7, 11) is 2.09. The number of allylic oxidation sites excluding steroid dienone is 7. The Hall–Kier alpha value is -3.72. The number of anilines is 2. The molecule has 2 unspecified atom stereocenters. The molecule has 0 saturated heterocycles. The van der Waals surface area contributed by atoms with E-state index >= 15 is 0 Å². The summed E-state index contributed by atoms with van der Waals surface area (Å²) in [5.74, 6) is 2.97. The fourth-order valence-corrected chi connectivity index (χ4v) is 5.75. The molecule has 2 atom stereocenters. The molecule has 3 nitrogen and oxygen atoms in total. The molecule has 0 bridgehead atoms. The summed E-state index contributed by atoms with van der Waals surface area (Å²) in [6.45, 7) is 15.9. The van der Waals surface area contributed by atoms with Gasteiger partial charge in [-0.1, -0.05) is 73.9 Å². The maximum atomic E-state index is 3.89. The smallest absolute Gasteiger partial charge is 0.269 e. The predicted molar refractivity (Wildman–Crippen MR) is 187 cm³/mol. The molecule has 224 valence electrons. The lowest BCUT2D eigenvalue weighted by Crippen LogP contribution is -2.30. The summed E-state index contributed by atoms with van der Waals surface area (Å²) in [4.78, 5) is 2.37. The quantitative estimate of drug-likeness (QED) is 0.205. The average molecular weight is 566 g/mol. The van der Waals surface area contributed by atoms with Gasteiger partial charge in [-0.05, 0) is 90.6 Å². The highest BCUT2D eigenvalue weighted by Crippen LogP contribution is 2.39. The Morgan fingerprint density at radius 1 is 0.857 bits per heavy atom. The monoisotopic (exact) mass is 565 g/mol. The average Bonchev–Trinajstić information content (AvgIpc) is 3.01. The van der Waals surface area contributed by atoms with Crippen LogP contribution in [0, 0.1) is 5.92 Å². The molecule has 0 heterocycles. The zero-order valence-electron chi connectivity index (χ0n) is 27.3. The zero-order chi connectivity index (χ0) is 30.5. The summed E-state index contributed by atoms with van der Waals surface area (Å²) < 4.78 is 3.30. The highest BCUT2D eigenvalue weighted by Gasteiger charge is 2.23. The van der Waals surface area contributed by atoms with Gasteiger partial charge < -0.3 is 14.6 Å². The summed E-state index contributed by atoms with van der Waals surface area (Å²) in [5.41, 5.74) is 5.02. The van der Waals surface area contributed by atoms with Gasteiger partial charge in [-0.25, -0.2) is 0 Å². The van der Waals surface area contributed by atoms with Crippen molar-refractivity contribution in [2.45, 2.75) is 80.2 Å².